The molecule has 1 aliphatic rings. The Kier molecular flexibility index (Phi) is 7.20. The number of nitrogens with zero attached hydrogens (tertiary/aromatic N) is 1. The second kappa shape index (κ2) is 8.42. The fourth-order valence-electron chi connectivity index (χ4n) is 3.03. The molecule has 0 aliphatic carbocycles. The predicted octanol–water partition coefficient (Wildman–Crippen LogP) is 3.03. The molecular weight excluding hydrogens is 323 g/mol. The summed E-state index contributed by atoms with van der Waals surface area (Å²) in [5.74, 6) is -0.0367. The Labute approximate surface area is 143 Å². The number of aromatic nitrogens is 1. The van der Waals surface area contributed by atoms with Crippen LogP contribution in [-0.2, 0) is 16.1 Å². The molecule has 6 heteroatoms. The highest BCUT2D eigenvalue weighted by Gasteiger charge is 2.27. The van der Waals surface area contributed by atoms with Crippen molar-refractivity contribution in [3.8, 4) is 0 Å². The molecule has 0 spiro atoms. The van der Waals surface area contributed by atoms with Crippen LogP contribution in [0.1, 0.15) is 12.8 Å². The van der Waals surface area contributed by atoms with E-state index >= 15 is 0 Å². The monoisotopic (exact) mass is 344 g/mol. The van der Waals surface area contributed by atoms with Crippen LogP contribution in [0, 0.1) is 5.92 Å². The number of rotatable bonds is 3. The maximum atomic E-state index is 11.6. The van der Waals surface area contributed by atoms with Gasteiger partial charge in [-0.3, -0.25) is 4.79 Å². The first-order valence-electron chi connectivity index (χ1n) is 7.12. The molecule has 1 saturated heterocycles. The topological polar surface area (TPSA) is 43.3 Å². The molecule has 2 aromatic rings. The zero-order chi connectivity index (χ0) is 13.9. The molecular formula is C16H22Cl2N2O2. The van der Waals surface area contributed by atoms with E-state index in [1.54, 1.807) is 0 Å². The zero-order valence-electron chi connectivity index (χ0n) is 12.5. The number of carbonyl (C=O) groups is 1. The van der Waals surface area contributed by atoms with E-state index in [-0.39, 0.29) is 36.7 Å². The molecule has 1 aromatic heterocycles. The van der Waals surface area contributed by atoms with Gasteiger partial charge in [0.1, 0.15) is 0 Å². The van der Waals surface area contributed by atoms with E-state index in [0.717, 1.165) is 25.9 Å². The van der Waals surface area contributed by atoms with E-state index in [9.17, 15) is 4.79 Å². The minimum atomic E-state index is -0.0748. The van der Waals surface area contributed by atoms with E-state index in [4.69, 9.17) is 4.74 Å². The number of halogens is 2. The highest BCUT2D eigenvalue weighted by molar-refractivity contribution is 5.85. The van der Waals surface area contributed by atoms with Crippen LogP contribution in [0.2, 0.25) is 0 Å². The summed E-state index contributed by atoms with van der Waals surface area (Å²) >= 11 is 0. The fraction of sp³-hybridized carbons (Fsp3) is 0.438. The normalized spacial score (nSPS) is 20.8. The molecule has 122 valence electrons. The van der Waals surface area contributed by atoms with E-state index in [1.165, 1.54) is 17.9 Å². The number of hydrogen-bond donors (Lipinski definition) is 1. The number of hydrogen-bond acceptors (Lipinski definition) is 3. The summed E-state index contributed by atoms with van der Waals surface area (Å²) < 4.78 is 7.07. The van der Waals surface area contributed by atoms with Crippen molar-refractivity contribution >= 4 is 41.6 Å². The first-order valence-corrected chi connectivity index (χ1v) is 7.12. The van der Waals surface area contributed by atoms with Gasteiger partial charge in [0.05, 0.1) is 13.0 Å². The number of methoxy groups -OCH3 is 1. The Bertz CT molecular complexity index is 582. The van der Waals surface area contributed by atoms with Crippen LogP contribution in [-0.4, -0.2) is 30.2 Å². The van der Waals surface area contributed by atoms with Gasteiger partial charge in [-0.25, -0.2) is 0 Å². The molecule has 0 saturated carbocycles. The zero-order valence-corrected chi connectivity index (χ0v) is 14.2. The summed E-state index contributed by atoms with van der Waals surface area (Å²) in [5, 5.41) is 6.01. The van der Waals surface area contributed by atoms with Crippen molar-refractivity contribution < 1.29 is 9.53 Å². The maximum Gasteiger partial charge on any atom is 0.308 e. The molecule has 0 amide bonds. The molecule has 1 aliphatic heterocycles. The number of fused-ring (bicyclic) bond motifs is 1. The average molecular weight is 345 g/mol. The highest BCUT2D eigenvalue weighted by Crippen LogP contribution is 2.20. The Morgan fingerprint density at radius 3 is 2.50 bits per heavy atom. The minimum Gasteiger partial charge on any atom is -0.469 e. The number of nitrogens with one attached hydrogen (secondary N) is 1. The third-order valence-corrected chi connectivity index (χ3v) is 4.07. The Balaban J connectivity index is 0.00000121. The van der Waals surface area contributed by atoms with E-state index in [0.29, 0.717) is 6.04 Å². The molecule has 0 bridgehead atoms. The van der Waals surface area contributed by atoms with Gasteiger partial charge in [-0.05, 0) is 30.2 Å². The molecule has 2 unspecified atom stereocenters. The third-order valence-electron chi connectivity index (χ3n) is 4.07. The minimum absolute atomic E-state index is 0. The molecule has 2 atom stereocenters. The summed E-state index contributed by atoms with van der Waals surface area (Å²) in [6.45, 7) is 1.77. The Hall–Kier alpha value is -1.23. The number of esters is 1. The molecule has 3 rings (SSSR count). The molecule has 1 fully saturated rings. The van der Waals surface area contributed by atoms with Crippen LogP contribution < -0.4 is 5.32 Å². The Morgan fingerprint density at radius 2 is 1.91 bits per heavy atom. The van der Waals surface area contributed by atoms with Crippen molar-refractivity contribution in [3.05, 3.63) is 36.7 Å². The highest BCUT2D eigenvalue weighted by atomic mass is 35.5. The fourth-order valence-corrected chi connectivity index (χ4v) is 3.03. The number of benzene rings is 1. The van der Waals surface area contributed by atoms with Gasteiger partial charge < -0.3 is 14.6 Å². The number of ether oxygens (including phenoxy) is 1. The lowest BCUT2D eigenvalue weighted by molar-refractivity contribution is -0.146. The van der Waals surface area contributed by atoms with Crippen molar-refractivity contribution in [2.75, 3.05) is 13.7 Å². The predicted molar refractivity (Wildman–Crippen MR) is 93.0 cm³/mol. The SMILES string of the molecule is COC(=O)C1CCNC(Cn2cc3ccccc3c2)C1.Cl.Cl. The summed E-state index contributed by atoms with van der Waals surface area (Å²) in [7, 11) is 1.47. The molecule has 2 heterocycles. The van der Waals surface area contributed by atoms with Gasteiger partial charge in [-0.15, -0.1) is 24.8 Å². The van der Waals surface area contributed by atoms with Gasteiger partial charge >= 0.3 is 5.97 Å². The average Bonchev–Trinajstić information content (AvgIpc) is 2.88. The third kappa shape index (κ3) is 4.15. The van der Waals surface area contributed by atoms with Crippen LogP contribution in [0.25, 0.3) is 10.8 Å². The van der Waals surface area contributed by atoms with Crippen LogP contribution in [0.3, 0.4) is 0 Å². The number of piperidine rings is 1. The molecule has 1 N–H and O–H groups in total. The van der Waals surface area contributed by atoms with Crippen LogP contribution in [0.4, 0.5) is 0 Å². The van der Waals surface area contributed by atoms with E-state index < -0.39 is 0 Å². The maximum absolute atomic E-state index is 11.6. The first kappa shape index (κ1) is 18.8. The first-order chi connectivity index (χ1) is 9.76. The van der Waals surface area contributed by atoms with Gasteiger partial charge in [0.2, 0.25) is 0 Å². The quantitative estimate of drug-likeness (QED) is 0.870. The largest absolute Gasteiger partial charge is 0.469 e. The lowest BCUT2D eigenvalue weighted by atomic mass is 9.92. The van der Waals surface area contributed by atoms with Crippen molar-refractivity contribution in [2.45, 2.75) is 25.4 Å². The van der Waals surface area contributed by atoms with Crippen molar-refractivity contribution in [3.63, 3.8) is 0 Å². The van der Waals surface area contributed by atoms with E-state index in [2.05, 4.69) is 46.5 Å². The van der Waals surface area contributed by atoms with Crippen LogP contribution >= 0.6 is 24.8 Å². The van der Waals surface area contributed by atoms with Gasteiger partial charge in [0.15, 0.2) is 0 Å². The summed E-state index contributed by atoms with van der Waals surface area (Å²) in [4.78, 5) is 11.6. The molecule has 4 nitrogen and oxygen atoms in total. The van der Waals surface area contributed by atoms with Crippen molar-refractivity contribution in [1.29, 1.82) is 0 Å². The summed E-state index contributed by atoms with van der Waals surface area (Å²) in [5.41, 5.74) is 0. The molecule has 0 radical (unpaired) electrons. The van der Waals surface area contributed by atoms with Gasteiger partial charge in [0.25, 0.3) is 0 Å². The standard InChI is InChI=1S/C16H20N2O2.2ClH/c1-20-16(19)12-6-7-17-15(8-12)11-18-9-13-4-2-3-5-14(13)10-18;;/h2-5,9-10,12,15,17H,6-8,11H2,1H3;2*1H. The molecule has 22 heavy (non-hydrogen) atoms. The van der Waals surface area contributed by atoms with Gasteiger partial charge in [-0.2, -0.15) is 0 Å². The van der Waals surface area contributed by atoms with E-state index in [1.807, 2.05) is 0 Å². The van der Waals surface area contributed by atoms with Crippen LogP contribution in [0.5, 0.6) is 0 Å². The van der Waals surface area contributed by atoms with Crippen LogP contribution in [0.15, 0.2) is 36.7 Å². The summed E-state index contributed by atoms with van der Waals surface area (Å²) in [6.07, 6.45) is 6.05. The Morgan fingerprint density at radius 1 is 1.27 bits per heavy atom. The second-order valence-electron chi connectivity index (χ2n) is 5.48. The van der Waals surface area contributed by atoms with Gasteiger partial charge in [0, 0.05) is 25.0 Å². The molecule has 1 aromatic carbocycles. The summed E-state index contributed by atoms with van der Waals surface area (Å²) in [6, 6.07) is 8.68. The number of carbonyl (C=O) groups excluding carboxylic acids is 1. The van der Waals surface area contributed by atoms with Crippen molar-refractivity contribution in [2.24, 2.45) is 5.92 Å². The lowest BCUT2D eigenvalue weighted by Crippen LogP contribution is -2.42. The smallest absolute Gasteiger partial charge is 0.308 e. The second-order valence-corrected chi connectivity index (χ2v) is 5.48. The van der Waals surface area contributed by atoms with Crippen molar-refractivity contribution in [1.82, 2.24) is 9.88 Å². The van der Waals surface area contributed by atoms with Gasteiger partial charge in [-0.1, -0.05) is 24.3 Å². The lowest BCUT2D eigenvalue weighted by Gasteiger charge is -2.29.